The van der Waals surface area contributed by atoms with Crippen molar-refractivity contribution < 1.29 is 0 Å². The Morgan fingerprint density at radius 1 is 1.34 bits per heavy atom. The maximum Gasteiger partial charge on any atom is 0.258 e. The molecule has 1 N–H and O–H groups in total. The molecule has 6 heteroatoms. The van der Waals surface area contributed by atoms with E-state index >= 15 is 0 Å². The lowest BCUT2D eigenvalue weighted by atomic mass is 9.90. The van der Waals surface area contributed by atoms with E-state index in [4.69, 9.17) is 0 Å². The molecule has 3 aromatic rings. The highest BCUT2D eigenvalue weighted by atomic mass is 16.1. The van der Waals surface area contributed by atoms with Crippen LogP contribution in [0.3, 0.4) is 0 Å². The molecule has 150 valence electrons. The van der Waals surface area contributed by atoms with Crippen molar-refractivity contribution in [2.45, 2.75) is 32.6 Å². The molecule has 3 aromatic heterocycles. The van der Waals surface area contributed by atoms with Gasteiger partial charge in [-0.1, -0.05) is 19.6 Å². The minimum absolute atomic E-state index is 0.0822. The number of likely N-dealkylation sites (tertiary alicyclic amines) is 1. The van der Waals surface area contributed by atoms with Crippen molar-refractivity contribution in [3.05, 3.63) is 76.4 Å². The van der Waals surface area contributed by atoms with E-state index in [0.717, 1.165) is 44.0 Å². The summed E-state index contributed by atoms with van der Waals surface area (Å²) in [4.78, 5) is 27.2. The van der Waals surface area contributed by atoms with Gasteiger partial charge in [0.05, 0.1) is 5.69 Å². The average Bonchev–Trinajstić information content (AvgIpc) is 3.17. The molecule has 1 aliphatic heterocycles. The second kappa shape index (κ2) is 8.17. The molecule has 0 aromatic carbocycles. The van der Waals surface area contributed by atoms with Gasteiger partial charge in [0, 0.05) is 24.2 Å². The zero-order chi connectivity index (χ0) is 20.4. The van der Waals surface area contributed by atoms with Crippen LogP contribution in [-0.2, 0) is 0 Å². The molecule has 1 aliphatic rings. The van der Waals surface area contributed by atoms with Crippen LogP contribution >= 0.6 is 0 Å². The SMILES string of the molecule is C=C(/C=C\c1ncc(C)[nH]1)c1cc(=O)n2cc(C3CCN(CC)CC3)ccc2n1. The summed E-state index contributed by atoms with van der Waals surface area (Å²) in [6, 6.07) is 5.61. The first kappa shape index (κ1) is 19.3. The van der Waals surface area contributed by atoms with Gasteiger partial charge in [0.2, 0.25) is 0 Å². The van der Waals surface area contributed by atoms with E-state index in [2.05, 4.69) is 39.4 Å². The van der Waals surface area contributed by atoms with Gasteiger partial charge >= 0.3 is 0 Å². The molecule has 0 saturated carbocycles. The van der Waals surface area contributed by atoms with Gasteiger partial charge in [-0.25, -0.2) is 9.97 Å². The van der Waals surface area contributed by atoms with Crippen molar-refractivity contribution in [3.63, 3.8) is 0 Å². The fourth-order valence-electron chi connectivity index (χ4n) is 3.89. The lowest BCUT2D eigenvalue weighted by Crippen LogP contribution is -2.32. The summed E-state index contributed by atoms with van der Waals surface area (Å²) in [5, 5.41) is 0. The van der Waals surface area contributed by atoms with Crippen LogP contribution in [0, 0.1) is 6.92 Å². The maximum atomic E-state index is 12.7. The fourth-order valence-corrected chi connectivity index (χ4v) is 3.89. The van der Waals surface area contributed by atoms with Crippen molar-refractivity contribution >= 4 is 17.3 Å². The van der Waals surface area contributed by atoms with Crippen LogP contribution in [-0.4, -0.2) is 43.9 Å². The van der Waals surface area contributed by atoms with Crippen LogP contribution in [0.5, 0.6) is 0 Å². The second-order valence-electron chi connectivity index (χ2n) is 7.69. The molecule has 0 amide bonds. The third kappa shape index (κ3) is 4.22. The number of aryl methyl sites for hydroxylation is 1. The van der Waals surface area contributed by atoms with Crippen LogP contribution in [0.2, 0.25) is 0 Å². The zero-order valence-electron chi connectivity index (χ0n) is 17.1. The number of hydrogen-bond donors (Lipinski definition) is 1. The maximum absolute atomic E-state index is 12.7. The molecular formula is C23H27N5O. The molecule has 1 saturated heterocycles. The highest BCUT2D eigenvalue weighted by molar-refractivity contribution is 5.75. The highest BCUT2D eigenvalue weighted by Gasteiger charge is 2.20. The monoisotopic (exact) mass is 389 g/mol. The summed E-state index contributed by atoms with van der Waals surface area (Å²) in [5.41, 5.74) is 4.03. The highest BCUT2D eigenvalue weighted by Crippen LogP contribution is 2.27. The van der Waals surface area contributed by atoms with E-state index in [1.54, 1.807) is 16.7 Å². The number of nitrogens with zero attached hydrogens (tertiary/aromatic N) is 4. The minimum atomic E-state index is -0.0822. The summed E-state index contributed by atoms with van der Waals surface area (Å²) >= 11 is 0. The Morgan fingerprint density at radius 2 is 2.14 bits per heavy atom. The molecule has 0 atom stereocenters. The quantitative estimate of drug-likeness (QED) is 0.677. The van der Waals surface area contributed by atoms with Gasteiger partial charge in [0.25, 0.3) is 5.56 Å². The number of allylic oxidation sites excluding steroid dienone is 2. The molecule has 29 heavy (non-hydrogen) atoms. The van der Waals surface area contributed by atoms with Crippen LogP contribution < -0.4 is 5.56 Å². The van der Waals surface area contributed by atoms with Crippen LogP contribution in [0.25, 0.3) is 17.3 Å². The first-order valence-electron chi connectivity index (χ1n) is 10.2. The zero-order valence-corrected chi connectivity index (χ0v) is 17.1. The van der Waals surface area contributed by atoms with E-state index in [1.165, 1.54) is 5.56 Å². The Labute approximate surface area is 170 Å². The first-order valence-corrected chi connectivity index (χ1v) is 10.2. The molecule has 0 spiro atoms. The molecular weight excluding hydrogens is 362 g/mol. The summed E-state index contributed by atoms with van der Waals surface area (Å²) in [6.07, 6.45) is 9.66. The number of pyridine rings is 1. The Hall–Kier alpha value is -2.99. The van der Waals surface area contributed by atoms with Gasteiger partial charge in [-0.2, -0.15) is 0 Å². The van der Waals surface area contributed by atoms with Gasteiger partial charge in [0.1, 0.15) is 11.5 Å². The summed E-state index contributed by atoms with van der Waals surface area (Å²) in [6.45, 7) is 11.6. The summed E-state index contributed by atoms with van der Waals surface area (Å²) in [5.74, 6) is 1.25. The van der Waals surface area contributed by atoms with Crippen LogP contribution in [0.15, 0.2) is 48.0 Å². The van der Waals surface area contributed by atoms with Gasteiger partial charge in [0.15, 0.2) is 0 Å². The molecule has 0 aliphatic carbocycles. The Morgan fingerprint density at radius 3 is 2.83 bits per heavy atom. The lowest BCUT2D eigenvalue weighted by molar-refractivity contribution is 0.222. The minimum Gasteiger partial charge on any atom is -0.343 e. The molecule has 6 nitrogen and oxygen atoms in total. The van der Waals surface area contributed by atoms with Crippen LogP contribution in [0.1, 0.15) is 48.5 Å². The number of piperidine rings is 1. The molecule has 4 rings (SSSR count). The van der Waals surface area contributed by atoms with Gasteiger partial charge < -0.3 is 9.88 Å². The molecule has 0 bridgehead atoms. The lowest BCUT2D eigenvalue weighted by Gasteiger charge is -2.31. The van der Waals surface area contributed by atoms with Crippen LogP contribution in [0.4, 0.5) is 0 Å². The normalized spacial score (nSPS) is 16.1. The number of imidazole rings is 1. The van der Waals surface area contributed by atoms with Gasteiger partial charge in [-0.05, 0) is 74.7 Å². The van der Waals surface area contributed by atoms with E-state index in [-0.39, 0.29) is 5.56 Å². The van der Waals surface area contributed by atoms with Crippen molar-refractivity contribution in [3.8, 4) is 0 Å². The molecule has 4 heterocycles. The van der Waals surface area contributed by atoms with Crippen molar-refractivity contribution in [1.29, 1.82) is 0 Å². The molecule has 0 unspecified atom stereocenters. The first-order chi connectivity index (χ1) is 14.0. The van der Waals surface area contributed by atoms with Crippen molar-refractivity contribution in [1.82, 2.24) is 24.3 Å². The Bertz CT molecular complexity index is 1120. The predicted octanol–water partition coefficient (Wildman–Crippen LogP) is 3.65. The summed E-state index contributed by atoms with van der Waals surface area (Å²) < 4.78 is 1.65. The number of aromatic nitrogens is 4. The van der Waals surface area contributed by atoms with Crippen molar-refractivity contribution in [2.75, 3.05) is 19.6 Å². The standard InChI is InChI=1S/C23H27N5O/c1-4-27-11-9-18(10-12-27)19-6-8-22-26-20(13-23(29)28(22)15-19)16(2)5-7-21-24-14-17(3)25-21/h5-8,13-15,18H,2,4,9-12H2,1,3H3,(H,24,25)/b7-5-. The number of fused-ring (bicyclic) bond motifs is 1. The fraction of sp³-hybridized carbons (Fsp3) is 0.348. The third-order valence-electron chi connectivity index (χ3n) is 5.68. The van der Waals surface area contributed by atoms with E-state index < -0.39 is 0 Å². The predicted molar refractivity (Wildman–Crippen MR) is 117 cm³/mol. The number of rotatable bonds is 5. The van der Waals surface area contributed by atoms with E-state index in [1.807, 2.05) is 31.3 Å². The number of hydrogen-bond acceptors (Lipinski definition) is 4. The molecule has 1 fully saturated rings. The number of H-pyrrole nitrogens is 1. The largest absolute Gasteiger partial charge is 0.343 e. The second-order valence-corrected chi connectivity index (χ2v) is 7.69. The van der Waals surface area contributed by atoms with Gasteiger partial charge in [-0.15, -0.1) is 0 Å². The smallest absolute Gasteiger partial charge is 0.258 e. The summed E-state index contributed by atoms with van der Waals surface area (Å²) in [7, 11) is 0. The Balaban J connectivity index is 1.57. The van der Waals surface area contributed by atoms with E-state index in [9.17, 15) is 4.79 Å². The average molecular weight is 390 g/mol. The number of nitrogens with one attached hydrogen (secondary N) is 1. The van der Waals surface area contributed by atoms with E-state index in [0.29, 0.717) is 22.8 Å². The third-order valence-corrected chi connectivity index (χ3v) is 5.68. The number of aromatic amines is 1. The molecule has 0 radical (unpaired) electrons. The Kier molecular flexibility index (Phi) is 5.45. The topological polar surface area (TPSA) is 66.3 Å². The van der Waals surface area contributed by atoms with Crippen molar-refractivity contribution in [2.24, 2.45) is 0 Å². The van der Waals surface area contributed by atoms with Gasteiger partial charge in [-0.3, -0.25) is 9.20 Å².